The molecule has 0 bridgehead atoms. The number of carbonyl (C=O) groups is 2. The first-order chi connectivity index (χ1) is 10.5. The number of imide groups is 1. The lowest BCUT2D eigenvalue weighted by molar-refractivity contribution is -0.142. The maximum Gasteiger partial charge on any atom is 0.248 e. The number of aromatic hydroxyl groups is 1. The highest BCUT2D eigenvalue weighted by molar-refractivity contribution is 6.07. The summed E-state index contributed by atoms with van der Waals surface area (Å²) in [7, 11) is 3.31. The summed E-state index contributed by atoms with van der Waals surface area (Å²) in [4.78, 5) is 26.4. The van der Waals surface area contributed by atoms with Gasteiger partial charge in [0.15, 0.2) is 0 Å². The van der Waals surface area contributed by atoms with Crippen LogP contribution in [0.25, 0.3) is 0 Å². The Morgan fingerprint density at radius 2 is 1.91 bits per heavy atom. The summed E-state index contributed by atoms with van der Waals surface area (Å²) in [5, 5.41) is 11.1. The Morgan fingerprint density at radius 1 is 1.23 bits per heavy atom. The fraction of sp³-hybridized carbons (Fsp3) is 0.467. The minimum Gasteiger partial charge on any atom is -0.508 e. The molecule has 2 aliphatic heterocycles. The number of carbonyl (C=O) groups excluding carboxylic acids is 2. The largest absolute Gasteiger partial charge is 0.508 e. The maximum atomic E-state index is 12.6. The summed E-state index contributed by atoms with van der Waals surface area (Å²) in [6.07, 6.45) is 0. The monoisotopic (exact) mass is 305 g/mol. The van der Waals surface area contributed by atoms with Crippen molar-refractivity contribution in [2.45, 2.75) is 12.1 Å². The van der Waals surface area contributed by atoms with E-state index in [9.17, 15) is 14.7 Å². The molecule has 2 saturated heterocycles. The van der Waals surface area contributed by atoms with E-state index >= 15 is 0 Å². The van der Waals surface area contributed by atoms with Crippen LogP contribution in [0.2, 0.25) is 0 Å². The molecule has 2 aliphatic rings. The fourth-order valence-corrected chi connectivity index (χ4v) is 3.21. The standard InChI is InChI=1S/C15H19N3O4/c1-17-13-11(14(20)18(15(13)21)7-8-22-2)12(16-17)9-3-5-10(19)6-4-9/h3-6,11-13,16,19H,7-8H2,1-2H3/t11-,12+,13-/m0/s1. The van der Waals surface area contributed by atoms with Gasteiger partial charge >= 0.3 is 0 Å². The molecule has 2 fully saturated rings. The zero-order valence-electron chi connectivity index (χ0n) is 12.5. The second-order valence-electron chi connectivity index (χ2n) is 5.60. The van der Waals surface area contributed by atoms with Crippen molar-refractivity contribution in [3.8, 4) is 5.75 Å². The first kappa shape index (κ1) is 15.0. The Hall–Kier alpha value is -1.96. The van der Waals surface area contributed by atoms with Gasteiger partial charge in [0.2, 0.25) is 11.8 Å². The molecule has 7 nitrogen and oxygen atoms in total. The molecule has 0 saturated carbocycles. The van der Waals surface area contributed by atoms with E-state index in [2.05, 4.69) is 5.43 Å². The van der Waals surface area contributed by atoms with Gasteiger partial charge in [0.25, 0.3) is 0 Å². The summed E-state index contributed by atoms with van der Waals surface area (Å²) >= 11 is 0. The molecule has 3 rings (SSSR count). The normalized spacial score (nSPS) is 28.5. The van der Waals surface area contributed by atoms with Crippen molar-refractivity contribution in [3.05, 3.63) is 29.8 Å². The van der Waals surface area contributed by atoms with Crippen LogP contribution in [-0.2, 0) is 14.3 Å². The number of hydrazine groups is 1. The number of likely N-dealkylation sites (tertiary alicyclic amines) is 1. The Labute approximate surface area is 128 Å². The van der Waals surface area contributed by atoms with Crippen molar-refractivity contribution in [1.29, 1.82) is 0 Å². The molecule has 118 valence electrons. The molecule has 2 heterocycles. The van der Waals surface area contributed by atoms with Gasteiger partial charge in [0.1, 0.15) is 11.8 Å². The van der Waals surface area contributed by atoms with E-state index in [0.717, 1.165) is 5.56 Å². The van der Waals surface area contributed by atoms with E-state index in [1.165, 1.54) is 4.90 Å². The van der Waals surface area contributed by atoms with Crippen LogP contribution in [-0.4, -0.2) is 60.2 Å². The van der Waals surface area contributed by atoms with Gasteiger partial charge in [-0.1, -0.05) is 12.1 Å². The number of ether oxygens (including phenoxy) is 1. The topological polar surface area (TPSA) is 82.1 Å². The Kier molecular flexibility index (Phi) is 3.86. The van der Waals surface area contributed by atoms with E-state index in [-0.39, 0.29) is 30.2 Å². The highest BCUT2D eigenvalue weighted by Gasteiger charge is 2.57. The van der Waals surface area contributed by atoms with Crippen molar-refractivity contribution in [3.63, 3.8) is 0 Å². The third-order valence-corrected chi connectivity index (χ3v) is 4.30. The van der Waals surface area contributed by atoms with Crippen LogP contribution in [0.4, 0.5) is 0 Å². The molecule has 2 amide bonds. The van der Waals surface area contributed by atoms with E-state index in [1.54, 1.807) is 43.4 Å². The number of nitrogens with one attached hydrogen (secondary N) is 1. The molecule has 3 atom stereocenters. The number of nitrogens with zero attached hydrogens (tertiary/aromatic N) is 2. The molecular weight excluding hydrogens is 286 g/mol. The molecule has 1 aromatic carbocycles. The number of phenolic OH excluding ortho intramolecular Hbond substituents is 1. The van der Waals surface area contributed by atoms with Crippen LogP contribution in [0.15, 0.2) is 24.3 Å². The number of rotatable bonds is 4. The van der Waals surface area contributed by atoms with Crippen LogP contribution in [0.1, 0.15) is 11.6 Å². The molecule has 0 unspecified atom stereocenters. The maximum absolute atomic E-state index is 12.6. The molecule has 0 radical (unpaired) electrons. The average Bonchev–Trinajstić information content (AvgIpc) is 2.96. The van der Waals surface area contributed by atoms with Crippen molar-refractivity contribution in [2.75, 3.05) is 27.3 Å². The van der Waals surface area contributed by atoms with Crippen molar-refractivity contribution >= 4 is 11.8 Å². The van der Waals surface area contributed by atoms with Gasteiger partial charge in [-0.2, -0.15) is 0 Å². The van der Waals surface area contributed by atoms with Gasteiger partial charge in [-0.05, 0) is 17.7 Å². The van der Waals surface area contributed by atoms with Crippen LogP contribution in [0, 0.1) is 5.92 Å². The van der Waals surface area contributed by atoms with E-state index < -0.39 is 12.0 Å². The summed E-state index contributed by atoms with van der Waals surface area (Å²) in [6, 6.07) is 5.91. The molecule has 0 aromatic heterocycles. The van der Waals surface area contributed by atoms with Gasteiger partial charge < -0.3 is 9.84 Å². The first-order valence-electron chi connectivity index (χ1n) is 7.16. The summed E-state index contributed by atoms with van der Waals surface area (Å²) in [5.74, 6) is -0.661. The van der Waals surface area contributed by atoms with E-state index in [0.29, 0.717) is 6.61 Å². The molecule has 2 N–H and O–H groups in total. The number of hydrogen-bond donors (Lipinski definition) is 2. The van der Waals surface area contributed by atoms with Gasteiger partial charge in [0.05, 0.1) is 25.1 Å². The van der Waals surface area contributed by atoms with E-state index in [1.807, 2.05) is 0 Å². The highest BCUT2D eigenvalue weighted by Crippen LogP contribution is 2.39. The fourth-order valence-electron chi connectivity index (χ4n) is 3.21. The minimum absolute atomic E-state index is 0.169. The molecule has 0 aliphatic carbocycles. The highest BCUT2D eigenvalue weighted by atomic mass is 16.5. The lowest BCUT2D eigenvalue weighted by atomic mass is 9.91. The number of methoxy groups -OCH3 is 1. The average molecular weight is 305 g/mol. The molecule has 0 spiro atoms. The van der Waals surface area contributed by atoms with Crippen molar-refractivity contribution < 1.29 is 19.4 Å². The summed E-state index contributed by atoms with van der Waals surface area (Å²) in [5.41, 5.74) is 4.05. The molecule has 7 heteroatoms. The van der Waals surface area contributed by atoms with E-state index in [4.69, 9.17) is 4.74 Å². The summed E-state index contributed by atoms with van der Waals surface area (Å²) in [6.45, 7) is 0.606. The van der Waals surface area contributed by atoms with Crippen LogP contribution in [0.3, 0.4) is 0 Å². The van der Waals surface area contributed by atoms with Crippen molar-refractivity contribution in [2.24, 2.45) is 5.92 Å². The first-order valence-corrected chi connectivity index (χ1v) is 7.16. The number of phenols is 1. The number of likely N-dealkylation sites (N-methyl/N-ethyl adjacent to an activating group) is 1. The van der Waals surface area contributed by atoms with Crippen LogP contribution in [0.5, 0.6) is 5.75 Å². The smallest absolute Gasteiger partial charge is 0.248 e. The Bertz CT molecular complexity index is 589. The lowest BCUT2D eigenvalue weighted by Gasteiger charge is -2.22. The number of fused-ring (bicyclic) bond motifs is 1. The van der Waals surface area contributed by atoms with Gasteiger partial charge in [-0.15, -0.1) is 0 Å². The predicted octanol–water partition coefficient (Wildman–Crippen LogP) is -0.117. The third-order valence-electron chi connectivity index (χ3n) is 4.30. The zero-order valence-corrected chi connectivity index (χ0v) is 12.5. The van der Waals surface area contributed by atoms with Gasteiger partial charge in [-0.3, -0.25) is 14.5 Å². The zero-order chi connectivity index (χ0) is 15.9. The number of benzene rings is 1. The lowest BCUT2D eigenvalue weighted by Crippen LogP contribution is -2.43. The van der Waals surface area contributed by atoms with Crippen molar-refractivity contribution in [1.82, 2.24) is 15.3 Å². The predicted molar refractivity (Wildman–Crippen MR) is 77.6 cm³/mol. The molecule has 22 heavy (non-hydrogen) atoms. The Morgan fingerprint density at radius 3 is 2.55 bits per heavy atom. The second-order valence-corrected chi connectivity index (χ2v) is 5.60. The number of amides is 2. The van der Waals surface area contributed by atoms with Gasteiger partial charge in [-0.25, -0.2) is 10.4 Å². The van der Waals surface area contributed by atoms with Crippen LogP contribution < -0.4 is 5.43 Å². The SMILES string of the molecule is COCCN1C(=O)[C@H]2[C@@H](c3ccc(O)cc3)NN(C)[C@@H]2C1=O. The number of hydrogen-bond acceptors (Lipinski definition) is 6. The van der Waals surface area contributed by atoms with Crippen LogP contribution >= 0.6 is 0 Å². The second kappa shape index (κ2) is 5.68. The quantitative estimate of drug-likeness (QED) is 0.755. The Balaban J connectivity index is 1.89. The molecule has 1 aromatic rings. The summed E-state index contributed by atoms with van der Waals surface area (Å²) < 4.78 is 4.97. The van der Waals surface area contributed by atoms with Gasteiger partial charge in [0, 0.05) is 14.2 Å². The minimum atomic E-state index is -0.497. The molecular formula is C15H19N3O4. The third kappa shape index (κ3) is 2.27.